The number of amides is 2. The van der Waals surface area contributed by atoms with Gasteiger partial charge in [0.15, 0.2) is 0 Å². The van der Waals surface area contributed by atoms with Crippen LogP contribution in [0, 0.1) is 0 Å². The molecule has 0 saturated carbocycles. The summed E-state index contributed by atoms with van der Waals surface area (Å²) >= 11 is 0. The van der Waals surface area contributed by atoms with E-state index in [1.165, 1.54) is 0 Å². The van der Waals surface area contributed by atoms with Gasteiger partial charge in [0.1, 0.15) is 6.04 Å². The summed E-state index contributed by atoms with van der Waals surface area (Å²) in [5.41, 5.74) is 5.71. The van der Waals surface area contributed by atoms with Crippen LogP contribution in [-0.4, -0.2) is 41.9 Å². The second kappa shape index (κ2) is 4.18. The van der Waals surface area contributed by atoms with E-state index in [-0.39, 0.29) is 23.9 Å². The maximum Gasteiger partial charge on any atom is 0.242 e. The summed E-state index contributed by atoms with van der Waals surface area (Å²) < 4.78 is 0. The van der Waals surface area contributed by atoms with Gasteiger partial charge in [0.05, 0.1) is 0 Å². The molecule has 2 amide bonds. The number of carbonyl (C=O) groups excluding carboxylic acids is 2. The second-order valence-electron chi connectivity index (χ2n) is 4.31. The minimum atomic E-state index is -0.284. The van der Waals surface area contributed by atoms with Gasteiger partial charge in [-0.15, -0.1) is 0 Å². The molecule has 2 atom stereocenters. The average Bonchev–Trinajstić information content (AvgIpc) is 2.39. The Morgan fingerprint density at radius 2 is 2.13 bits per heavy atom. The fraction of sp³-hybridized carbons (Fsp3) is 0.800. The third-order valence-corrected chi connectivity index (χ3v) is 3.07. The zero-order valence-corrected chi connectivity index (χ0v) is 8.74. The number of nitrogens with two attached hydrogens (primary N) is 1. The predicted molar refractivity (Wildman–Crippen MR) is 55.0 cm³/mol. The number of carbonyl (C=O) groups is 2. The molecule has 0 aliphatic carbocycles. The van der Waals surface area contributed by atoms with Gasteiger partial charge < -0.3 is 16.0 Å². The van der Waals surface area contributed by atoms with Crippen molar-refractivity contribution in [2.24, 2.45) is 5.73 Å². The Kier molecular flexibility index (Phi) is 2.90. The SMILES string of the molecule is NC1CC(=O)N(C2CCCCNC2=O)C1. The van der Waals surface area contributed by atoms with Gasteiger partial charge in [0, 0.05) is 25.6 Å². The van der Waals surface area contributed by atoms with Crippen LogP contribution in [0.5, 0.6) is 0 Å². The Morgan fingerprint density at radius 3 is 2.80 bits per heavy atom. The number of likely N-dealkylation sites (tertiary alicyclic amines) is 1. The molecule has 2 aliphatic heterocycles. The summed E-state index contributed by atoms with van der Waals surface area (Å²) in [4.78, 5) is 25.0. The van der Waals surface area contributed by atoms with Crippen LogP contribution in [0.25, 0.3) is 0 Å². The van der Waals surface area contributed by atoms with E-state index >= 15 is 0 Å². The minimum Gasteiger partial charge on any atom is -0.354 e. The van der Waals surface area contributed by atoms with Gasteiger partial charge in [-0.05, 0) is 19.3 Å². The first kappa shape index (κ1) is 10.4. The van der Waals surface area contributed by atoms with Gasteiger partial charge in [-0.2, -0.15) is 0 Å². The zero-order chi connectivity index (χ0) is 10.8. The Bertz CT molecular complexity index is 280. The fourth-order valence-corrected chi connectivity index (χ4v) is 2.28. The monoisotopic (exact) mass is 211 g/mol. The van der Waals surface area contributed by atoms with Gasteiger partial charge in [0.25, 0.3) is 0 Å². The van der Waals surface area contributed by atoms with E-state index in [2.05, 4.69) is 5.32 Å². The summed E-state index contributed by atoms with van der Waals surface area (Å²) in [5.74, 6) is -0.000463. The van der Waals surface area contributed by atoms with Crippen LogP contribution in [-0.2, 0) is 9.59 Å². The van der Waals surface area contributed by atoms with E-state index in [0.29, 0.717) is 13.0 Å². The van der Waals surface area contributed by atoms with Crippen molar-refractivity contribution in [3.63, 3.8) is 0 Å². The van der Waals surface area contributed by atoms with Crippen LogP contribution < -0.4 is 11.1 Å². The molecule has 2 unspecified atom stereocenters. The zero-order valence-electron chi connectivity index (χ0n) is 8.74. The first-order chi connectivity index (χ1) is 7.18. The lowest BCUT2D eigenvalue weighted by atomic mass is 10.1. The highest BCUT2D eigenvalue weighted by Gasteiger charge is 2.36. The topological polar surface area (TPSA) is 75.4 Å². The predicted octanol–water partition coefficient (Wildman–Crippen LogP) is -0.785. The molecule has 2 saturated heterocycles. The Hall–Kier alpha value is -1.10. The number of rotatable bonds is 1. The average molecular weight is 211 g/mol. The first-order valence-corrected chi connectivity index (χ1v) is 5.51. The van der Waals surface area contributed by atoms with Crippen LogP contribution in [0.1, 0.15) is 25.7 Å². The fourth-order valence-electron chi connectivity index (χ4n) is 2.28. The van der Waals surface area contributed by atoms with Crippen molar-refractivity contribution in [2.45, 2.75) is 37.8 Å². The van der Waals surface area contributed by atoms with Gasteiger partial charge in [-0.3, -0.25) is 9.59 Å². The molecule has 84 valence electrons. The molecule has 0 bridgehead atoms. The largest absolute Gasteiger partial charge is 0.354 e. The Balaban J connectivity index is 2.07. The summed E-state index contributed by atoms with van der Waals surface area (Å²) in [5, 5.41) is 2.83. The van der Waals surface area contributed by atoms with Crippen LogP contribution in [0.3, 0.4) is 0 Å². The lowest BCUT2D eigenvalue weighted by Crippen LogP contribution is -2.47. The minimum absolute atomic E-state index is 0.0181. The van der Waals surface area contributed by atoms with Crippen molar-refractivity contribution in [3.05, 3.63) is 0 Å². The molecule has 2 fully saturated rings. The molecular weight excluding hydrogens is 194 g/mol. The van der Waals surface area contributed by atoms with E-state index < -0.39 is 0 Å². The van der Waals surface area contributed by atoms with Crippen molar-refractivity contribution >= 4 is 11.8 Å². The molecule has 0 aromatic carbocycles. The van der Waals surface area contributed by atoms with Crippen molar-refractivity contribution in [1.29, 1.82) is 0 Å². The summed E-state index contributed by atoms with van der Waals surface area (Å²) in [6.45, 7) is 1.25. The molecule has 5 nitrogen and oxygen atoms in total. The highest BCUT2D eigenvalue weighted by molar-refractivity contribution is 5.89. The summed E-state index contributed by atoms with van der Waals surface area (Å²) in [6, 6.07) is -0.387. The second-order valence-corrected chi connectivity index (χ2v) is 4.31. The molecule has 0 aromatic rings. The molecule has 3 N–H and O–H groups in total. The molecule has 2 heterocycles. The van der Waals surface area contributed by atoms with E-state index in [4.69, 9.17) is 5.73 Å². The van der Waals surface area contributed by atoms with Crippen LogP contribution in [0.2, 0.25) is 0 Å². The number of hydrogen-bond acceptors (Lipinski definition) is 3. The van der Waals surface area contributed by atoms with Crippen molar-refractivity contribution in [1.82, 2.24) is 10.2 Å². The van der Waals surface area contributed by atoms with E-state index in [1.54, 1.807) is 4.90 Å². The Labute approximate surface area is 89.0 Å². The van der Waals surface area contributed by atoms with Gasteiger partial charge in [-0.25, -0.2) is 0 Å². The standard InChI is InChI=1S/C10H17N3O2/c11-7-5-9(14)13(6-7)8-3-1-2-4-12-10(8)15/h7-8H,1-6,11H2,(H,12,15). The highest BCUT2D eigenvalue weighted by Crippen LogP contribution is 2.18. The third kappa shape index (κ3) is 2.12. The Morgan fingerprint density at radius 1 is 1.33 bits per heavy atom. The van der Waals surface area contributed by atoms with Crippen LogP contribution >= 0.6 is 0 Å². The highest BCUT2D eigenvalue weighted by atomic mass is 16.2. The number of hydrogen-bond donors (Lipinski definition) is 2. The molecule has 0 radical (unpaired) electrons. The molecule has 15 heavy (non-hydrogen) atoms. The summed E-state index contributed by atoms with van der Waals surface area (Å²) in [6.07, 6.45) is 3.13. The lowest BCUT2D eigenvalue weighted by molar-refractivity contribution is -0.137. The smallest absolute Gasteiger partial charge is 0.242 e. The first-order valence-electron chi connectivity index (χ1n) is 5.51. The normalized spacial score (nSPS) is 32.7. The molecule has 2 aliphatic rings. The van der Waals surface area contributed by atoms with Gasteiger partial charge in [-0.1, -0.05) is 0 Å². The number of nitrogens with one attached hydrogen (secondary N) is 1. The van der Waals surface area contributed by atoms with E-state index in [9.17, 15) is 9.59 Å². The van der Waals surface area contributed by atoms with Gasteiger partial charge >= 0.3 is 0 Å². The molecule has 2 rings (SSSR count). The van der Waals surface area contributed by atoms with Crippen molar-refractivity contribution in [3.8, 4) is 0 Å². The van der Waals surface area contributed by atoms with E-state index in [1.807, 2.05) is 0 Å². The third-order valence-electron chi connectivity index (χ3n) is 3.07. The maximum absolute atomic E-state index is 11.7. The van der Waals surface area contributed by atoms with Crippen LogP contribution in [0.4, 0.5) is 0 Å². The number of nitrogens with zero attached hydrogens (tertiary/aromatic N) is 1. The van der Waals surface area contributed by atoms with E-state index in [0.717, 1.165) is 25.8 Å². The molecule has 5 heteroatoms. The summed E-state index contributed by atoms with van der Waals surface area (Å²) in [7, 11) is 0. The van der Waals surface area contributed by atoms with Crippen LogP contribution in [0.15, 0.2) is 0 Å². The van der Waals surface area contributed by atoms with Gasteiger partial charge in [0.2, 0.25) is 11.8 Å². The quantitative estimate of drug-likeness (QED) is 0.597. The van der Waals surface area contributed by atoms with Crippen molar-refractivity contribution < 1.29 is 9.59 Å². The molecule has 0 aromatic heterocycles. The molecule has 0 spiro atoms. The molecular formula is C10H17N3O2. The van der Waals surface area contributed by atoms with Crippen molar-refractivity contribution in [2.75, 3.05) is 13.1 Å². The lowest BCUT2D eigenvalue weighted by Gasteiger charge is -2.25. The maximum atomic E-state index is 11.7.